The van der Waals surface area contributed by atoms with E-state index in [1.807, 2.05) is 12.1 Å². The Morgan fingerprint density at radius 3 is 2.83 bits per heavy atom. The maximum absolute atomic E-state index is 8.74. The average molecular weight is 342 g/mol. The van der Waals surface area contributed by atoms with E-state index in [4.69, 9.17) is 22.5 Å². The predicted octanol–water partition coefficient (Wildman–Crippen LogP) is 2.43. The number of nitrogens with zero attached hydrogens (tertiary/aromatic N) is 5. The van der Waals surface area contributed by atoms with Crippen molar-refractivity contribution in [2.45, 2.75) is 0 Å². The van der Waals surface area contributed by atoms with Gasteiger partial charge in [-0.2, -0.15) is 4.98 Å². The molecular formula is C15H12ClN7O. The fourth-order valence-corrected chi connectivity index (χ4v) is 2.14. The summed E-state index contributed by atoms with van der Waals surface area (Å²) in [6, 6.07) is 10.5. The zero-order valence-electron chi connectivity index (χ0n) is 12.3. The van der Waals surface area contributed by atoms with E-state index >= 15 is 0 Å². The van der Waals surface area contributed by atoms with Crippen molar-refractivity contribution >= 4 is 29.1 Å². The van der Waals surface area contributed by atoms with Crippen LogP contribution in [0.2, 0.25) is 5.02 Å². The quantitative estimate of drug-likeness (QED) is 0.288. The minimum Gasteiger partial charge on any atom is -0.409 e. The smallest absolute Gasteiger partial charge is 0.230 e. The average Bonchev–Trinajstić information content (AvgIpc) is 2.61. The highest BCUT2D eigenvalue weighted by molar-refractivity contribution is 6.30. The normalized spacial score (nSPS) is 11.3. The van der Waals surface area contributed by atoms with Crippen LogP contribution in [-0.4, -0.2) is 31.0 Å². The number of nitrogens with two attached hydrogens (primary N) is 1. The van der Waals surface area contributed by atoms with E-state index in [1.54, 1.807) is 24.3 Å². The number of halogens is 1. The molecule has 0 aliphatic rings. The Morgan fingerprint density at radius 2 is 2.04 bits per heavy atom. The molecule has 2 heterocycles. The molecule has 0 spiro atoms. The number of amidine groups is 1. The van der Waals surface area contributed by atoms with Gasteiger partial charge in [0.05, 0.1) is 0 Å². The first-order valence-corrected chi connectivity index (χ1v) is 7.19. The van der Waals surface area contributed by atoms with E-state index in [9.17, 15) is 0 Å². The van der Waals surface area contributed by atoms with Crippen LogP contribution in [-0.2, 0) is 0 Å². The number of benzene rings is 1. The summed E-state index contributed by atoms with van der Waals surface area (Å²) in [4.78, 5) is 16.6. The molecule has 120 valence electrons. The molecule has 0 saturated heterocycles. The van der Waals surface area contributed by atoms with E-state index < -0.39 is 0 Å². The largest absolute Gasteiger partial charge is 0.409 e. The van der Waals surface area contributed by atoms with Gasteiger partial charge in [0.1, 0.15) is 12.0 Å². The van der Waals surface area contributed by atoms with Crippen molar-refractivity contribution in [3.05, 3.63) is 59.6 Å². The van der Waals surface area contributed by atoms with Gasteiger partial charge in [-0.1, -0.05) is 22.8 Å². The first kappa shape index (κ1) is 15.6. The molecule has 0 saturated carbocycles. The molecular weight excluding hydrogens is 330 g/mol. The van der Waals surface area contributed by atoms with Crippen molar-refractivity contribution in [3.63, 3.8) is 0 Å². The summed E-state index contributed by atoms with van der Waals surface area (Å²) in [5.41, 5.74) is 7.28. The summed E-state index contributed by atoms with van der Waals surface area (Å²) >= 11 is 5.96. The lowest BCUT2D eigenvalue weighted by atomic mass is 10.2. The third kappa shape index (κ3) is 3.55. The zero-order chi connectivity index (χ0) is 16.9. The molecule has 4 N–H and O–H groups in total. The molecule has 8 nitrogen and oxygen atoms in total. The van der Waals surface area contributed by atoms with Gasteiger partial charge >= 0.3 is 0 Å². The van der Waals surface area contributed by atoms with Crippen LogP contribution in [0.4, 0.5) is 11.6 Å². The summed E-state index contributed by atoms with van der Waals surface area (Å²) in [7, 11) is 0. The molecule has 24 heavy (non-hydrogen) atoms. The minimum atomic E-state index is -0.0943. The van der Waals surface area contributed by atoms with Crippen molar-refractivity contribution in [1.82, 2.24) is 19.9 Å². The molecule has 0 fully saturated rings. The predicted molar refractivity (Wildman–Crippen MR) is 90.3 cm³/mol. The van der Waals surface area contributed by atoms with Crippen molar-refractivity contribution in [2.75, 3.05) is 5.32 Å². The third-order valence-electron chi connectivity index (χ3n) is 3.04. The molecule has 3 rings (SSSR count). The molecule has 2 aromatic heterocycles. The first-order valence-electron chi connectivity index (χ1n) is 6.81. The van der Waals surface area contributed by atoms with Crippen LogP contribution in [0.25, 0.3) is 11.4 Å². The lowest BCUT2D eigenvalue weighted by Gasteiger charge is -2.07. The Bertz CT molecular complexity index is 900. The Labute approximate surface area is 142 Å². The van der Waals surface area contributed by atoms with Crippen LogP contribution in [0.15, 0.2) is 54.1 Å². The van der Waals surface area contributed by atoms with Gasteiger partial charge < -0.3 is 16.3 Å². The Morgan fingerprint density at radius 1 is 1.17 bits per heavy atom. The Kier molecular flexibility index (Phi) is 4.48. The topological polar surface area (TPSA) is 122 Å². The van der Waals surface area contributed by atoms with Gasteiger partial charge in [0, 0.05) is 22.5 Å². The molecule has 1 aromatic carbocycles. The minimum absolute atomic E-state index is 0.0943. The SMILES string of the molecule is NC(=NO)c1cc(-c2ncnc(Nc3cccc(Cl)c3)n2)ccn1. The number of hydrogen-bond donors (Lipinski definition) is 3. The fraction of sp³-hybridized carbons (Fsp3) is 0. The van der Waals surface area contributed by atoms with Gasteiger partial charge in [-0.15, -0.1) is 0 Å². The number of anilines is 2. The standard InChI is InChI=1S/C15H12ClN7O/c16-10-2-1-3-11(7-10)21-15-20-8-19-14(22-15)9-4-5-18-12(6-9)13(17)23-24/h1-8,24H,(H2,17,23)(H,19,20,21,22). The van der Waals surface area contributed by atoms with Crippen LogP contribution < -0.4 is 11.1 Å². The van der Waals surface area contributed by atoms with E-state index in [-0.39, 0.29) is 5.84 Å². The molecule has 0 aliphatic heterocycles. The fourth-order valence-electron chi connectivity index (χ4n) is 1.95. The van der Waals surface area contributed by atoms with Crippen LogP contribution >= 0.6 is 11.6 Å². The van der Waals surface area contributed by atoms with Gasteiger partial charge in [-0.3, -0.25) is 4.98 Å². The van der Waals surface area contributed by atoms with E-state index in [0.29, 0.717) is 28.1 Å². The third-order valence-corrected chi connectivity index (χ3v) is 3.28. The second-order valence-electron chi connectivity index (χ2n) is 4.68. The molecule has 0 radical (unpaired) electrons. The van der Waals surface area contributed by atoms with Crippen molar-refractivity contribution in [2.24, 2.45) is 10.9 Å². The van der Waals surface area contributed by atoms with Crippen LogP contribution in [0.1, 0.15) is 5.69 Å². The van der Waals surface area contributed by atoms with Gasteiger partial charge in [0.15, 0.2) is 11.7 Å². The van der Waals surface area contributed by atoms with Crippen molar-refractivity contribution < 1.29 is 5.21 Å². The highest BCUT2D eigenvalue weighted by Crippen LogP contribution is 2.20. The van der Waals surface area contributed by atoms with Gasteiger partial charge in [-0.25, -0.2) is 9.97 Å². The van der Waals surface area contributed by atoms with E-state index in [0.717, 1.165) is 5.69 Å². The maximum atomic E-state index is 8.74. The van der Waals surface area contributed by atoms with Crippen molar-refractivity contribution in [1.29, 1.82) is 0 Å². The van der Waals surface area contributed by atoms with Crippen molar-refractivity contribution in [3.8, 4) is 11.4 Å². The number of aromatic nitrogens is 4. The summed E-state index contributed by atoms with van der Waals surface area (Å²) in [5.74, 6) is 0.691. The van der Waals surface area contributed by atoms with E-state index in [1.165, 1.54) is 12.5 Å². The van der Waals surface area contributed by atoms with Crippen LogP contribution in [0.3, 0.4) is 0 Å². The molecule has 0 aliphatic carbocycles. The molecule has 0 atom stereocenters. The number of pyridine rings is 1. The number of rotatable bonds is 4. The summed E-state index contributed by atoms with van der Waals surface area (Å²) in [6.45, 7) is 0. The lowest BCUT2D eigenvalue weighted by molar-refractivity contribution is 0.318. The Balaban J connectivity index is 1.91. The molecule has 0 amide bonds. The Hall–Kier alpha value is -3.26. The second-order valence-corrected chi connectivity index (χ2v) is 5.12. The first-order chi connectivity index (χ1) is 11.7. The molecule has 9 heteroatoms. The van der Waals surface area contributed by atoms with Gasteiger partial charge in [0.25, 0.3) is 0 Å². The number of oxime groups is 1. The highest BCUT2D eigenvalue weighted by atomic mass is 35.5. The van der Waals surface area contributed by atoms with E-state index in [2.05, 4.69) is 30.4 Å². The monoisotopic (exact) mass is 341 g/mol. The van der Waals surface area contributed by atoms with Crippen LogP contribution in [0.5, 0.6) is 0 Å². The van der Waals surface area contributed by atoms with Gasteiger partial charge in [-0.05, 0) is 30.3 Å². The lowest BCUT2D eigenvalue weighted by Crippen LogP contribution is -2.14. The number of nitrogens with one attached hydrogen (secondary N) is 1. The number of hydrogen-bond acceptors (Lipinski definition) is 7. The molecule has 0 bridgehead atoms. The highest BCUT2D eigenvalue weighted by Gasteiger charge is 2.08. The van der Waals surface area contributed by atoms with Gasteiger partial charge in [0.2, 0.25) is 5.95 Å². The molecule has 0 unspecified atom stereocenters. The molecule has 3 aromatic rings. The maximum Gasteiger partial charge on any atom is 0.230 e. The second kappa shape index (κ2) is 6.88. The zero-order valence-corrected chi connectivity index (χ0v) is 13.0. The summed E-state index contributed by atoms with van der Waals surface area (Å²) < 4.78 is 0. The summed E-state index contributed by atoms with van der Waals surface area (Å²) in [5, 5.41) is 15.3. The summed E-state index contributed by atoms with van der Waals surface area (Å²) in [6.07, 6.45) is 2.91. The van der Waals surface area contributed by atoms with Crippen LogP contribution in [0, 0.1) is 0 Å².